The summed E-state index contributed by atoms with van der Waals surface area (Å²) in [4.78, 5) is 4.01. The van der Waals surface area contributed by atoms with E-state index in [0.717, 1.165) is 5.56 Å². The van der Waals surface area contributed by atoms with Crippen LogP contribution in [-0.2, 0) is 6.61 Å². The molecule has 1 aromatic carbocycles. The Balaban J connectivity index is 2.04. The predicted octanol–water partition coefficient (Wildman–Crippen LogP) is 1.82. The van der Waals surface area contributed by atoms with Crippen LogP contribution in [0.25, 0.3) is 0 Å². The Labute approximate surface area is 105 Å². The van der Waals surface area contributed by atoms with E-state index in [-0.39, 0.29) is 0 Å². The van der Waals surface area contributed by atoms with Gasteiger partial charge < -0.3 is 10.2 Å². The van der Waals surface area contributed by atoms with E-state index in [4.69, 9.17) is 15.8 Å². The topological polar surface area (TPSA) is 84.0 Å². The molecule has 0 amide bonds. The summed E-state index contributed by atoms with van der Waals surface area (Å²) in [6.45, 7) is 0.395. The number of nitrogens with zero attached hydrogens (tertiary/aromatic N) is 2. The molecule has 0 unspecified atom stereocenters. The smallest absolute Gasteiger partial charge is 0.140 e. The molecule has 0 saturated heterocycles. The molecule has 1 heterocycles. The van der Waals surface area contributed by atoms with Crippen molar-refractivity contribution in [1.82, 2.24) is 4.98 Å². The van der Waals surface area contributed by atoms with Gasteiger partial charge in [-0.25, -0.2) is 10.8 Å². The summed E-state index contributed by atoms with van der Waals surface area (Å²) in [6, 6.07) is 12.7. The molecular weight excluding hydrogens is 228 g/mol. The van der Waals surface area contributed by atoms with E-state index in [1.807, 2.05) is 12.1 Å². The number of aromatic nitrogens is 1. The molecule has 5 nitrogen and oxygen atoms in total. The second kappa shape index (κ2) is 5.66. The summed E-state index contributed by atoms with van der Waals surface area (Å²) < 4.78 is 5.59. The first kappa shape index (κ1) is 11.9. The largest absolute Gasteiger partial charge is 0.489 e. The summed E-state index contributed by atoms with van der Waals surface area (Å²) in [5.41, 5.74) is 3.99. The maximum Gasteiger partial charge on any atom is 0.140 e. The van der Waals surface area contributed by atoms with E-state index < -0.39 is 0 Å². The Bertz CT molecular complexity index is 577. The first-order valence-electron chi connectivity index (χ1n) is 5.36. The minimum atomic E-state index is 0.395. The Kier molecular flexibility index (Phi) is 3.74. The predicted molar refractivity (Wildman–Crippen MR) is 67.5 cm³/mol. The number of hydrogen-bond donors (Lipinski definition) is 2. The molecule has 2 aromatic rings. The van der Waals surface area contributed by atoms with E-state index in [0.29, 0.717) is 23.7 Å². The lowest BCUT2D eigenvalue weighted by Gasteiger charge is -2.07. The molecule has 5 heteroatoms. The number of benzene rings is 1. The number of hydrogen-bond acceptors (Lipinski definition) is 5. The van der Waals surface area contributed by atoms with Crippen molar-refractivity contribution in [2.24, 2.45) is 5.84 Å². The molecule has 3 N–H and O–H groups in total. The highest BCUT2D eigenvalue weighted by atomic mass is 16.5. The van der Waals surface area contributed by atoms with Gasteiger partial charge in [0.05, 0.1) is 11.6 Å². The molecule has 0 spiro atoms. The highest BCUT2D eigenvalue weighted by Crippen LogP contribution is 2.15. The summed E-state index contributed by atoms with van der Waals surface area (Å²) in [5, 5.41) is 8.78. The van der Waals surface area contributed by atoms with Crippen molar-refractivity contribution in [3.63, 3.8) is 0 Å². The van der Waals surface area contributed by atoms with Crippen LogP contribution in [0.4, 0.5) is 5.82 Å². The van der Waals surface area contributed by atoms with Gasteiger partial charge in [0.1, 0.15) is 18.2 Å². The Morgan fingerprint density at radius 1 is 1.33 bits per heavy atom. The summed E-state index contributed by atoms with van der Waals surface area (Å²) >= 11 is 0. The summed E-state index contributed by atoms with van der Waals surface area (Å²) in [6.07, 6.45) is 1.65. The Hall–Kier alpha value is -2.58. The number of nitriles is 1. The third-order valence-corrected chi connectivity index (χ3v) is 2.34. The van der Waals surface area contributed by atoms with Gasteiger partial charge in [-0.15, -0.1) is 0 Å². The average Bonchev–Trinajstić information content (AvgIpc) is 2.45. The number of pyridine rings is 1. The Morgan fingerprint density at radius 2 is 2.22 bits per heavy atom. The molecule has 0 aliphatic heterocycles. The van der Waals surface area contributed by atoms with Crippen molar-refractivity contribution in [3.8, 4) is 11.8 Å². The van der Waals surface area contributed by atoms with Crippen molar-refractivity contribution in [3.05, 3.63) is 53.7 Å². The van der Waals surface area contributed by atoms with Gasteiger partial charge >= 0.3 is 0 Å². The van der Waals surface area contributed by atoms with Crippen LogP contribution in [0.5, 0.6) is 5.75 Å². The van der Waals surface area contributed by atoms with Crippen molar-refractivity contribution >= 4 is 5.82 Å². The normalized spacial score (nSPS) is 9.56. The van der Waals surface area contributed by atoms with Crippen LogP contribution in [0.3, 0.4) is 0 Å². The number of rotatable bonds is 4. The quantitative estimate of drug-likeness (QED) is 0.629. The number of nitrogens with two attached hydrogens (primary N) is 1. The molecule has 2 rings (SSSR count). The number of hydrazine groups is 1. The van der Waals surface area contributed by atoms with E-state index in [9.17, 15) is 0 Å². The Morgan fingerprint density at radius 3 is 3.00 bits per heavy atom. The molecule has 0 atom stereocenters. The molecule has 1 aromatic heterocycles. The minimum Gasteiger partial charge on any atom is -0.489 e. The van der Waals surface area contributed by atoms with Gasteiger partial charge in [-0.2, -0.15) is 5.26 Å². The zero-order valence-electron chi connectivity index (χ0n) is 9.63. The molecule has 0 bridgehead atoms. The van der Waals surface area contributed by atoms with Gasteiger partial charge in [-0.05, 0) is 35.9 Å². The molecular formula is C13H12N4O. The van der Waals surface area contributed by atoms with Crippen LogP contribution in [-0.4, -0.2) is 4.98 Å². The third-order valence-electron chi connectivity index (χ3n) is 2.34. The van der Waals surface area contributed by atoms with Crippen LogP contribution in [0.15, 0.2) is 42.6 Å². The fraction of sp³-hybridized carbons (Fsp3) is 0.0769. The average molecular weight is 240 g/mol. The fourth-order valence-electron chi connectivity index (χ4n) is 1.47. The van der Waals surface area contributed by atoms with Crippen LogP contribution in [0, 0.1) is 11.3 Å². The molecule has 0 aliphatic carbocycles. The second-order valence-corrected chi connectivity index (χ2v) is 3.62. The van der Waals surface area contributed by atoms with Crippen molar-refractivity contribution in [2.45, 2.75) is 6.61 Å². The standard InChI is InChI=1S/C13H12N4O/c14-8-10-2-1-3-12(6-10)18-9-11-4-5-16-13(7-11)17-15/h1-7H,9,15H2,(H,16,17). The lowest BCUT2D eigenvalue weighted by molar-refractivity contribution is 0.306. The van der Waals surface area contributed by atoms with Gasteiger partial charge in [0.25, 0.3) is 0 Å². The van der Waals surface area contributed by atoms with E-state index in [1.54, 1.807) is 30.5 Å². The molecule has 0 aliphatic rings. The van der Waals surface area contributed by atoms with Gasteiger partial charge in [0.15, 0.2) is 0 Å². The van der Waals surface area contributed by atoms with Crippen LogP contribution >= 0.6 is 0 Å². The van der Waals surface area contributed by atoms with Gasteiger partial charge in [0.2, 0.25) is 0 Å². The van der Waals surface area contributed by atoms with Gasteiger partial charge in [0, 0.05) is 6.20 Å². The highest BCUT2D eigenvalue weighted by Gasteiger charge is 1.99. The van der Waals surface area contributed by atoms with Crippen molar-refractivity contribution < 1.29 is 4.74 Å². The van der Waals surface area contributed by atoms with Crippen molar-refractivity contribution in [1.29, 1.82) is 5.26 Å². The number of nitrogens with one attached hydrogen (secondary N) is 1. The fourth-order valence-corrected chi connectivity index (χ4v) is 1.47. The SMILES string of the molecule is N#Cc1cccc(OCc2ccnc(NN)c2)c1. The summed E-state index contributed by atoms with van der Waals surface area (Å²) in [7, 11) is 0. The molecule has 18 heavy (non-hydrogen) atoms. The molecule has 0 saturated carbocycles. The zero-order valence-corrected chi connectivity index (χ0v) is 9.63. The monoisotopic (exact) mass is 240 g/mol. The first-order valence-corrected chi connectivity index (χ1v) is 5.36. The summed E-state index contributed by atoms with van der Waals surface area (Å²) in [5.74, 6) is 6.52. The van der Waals surface area contributed by atoms with Gasteiger partial charge in [-0.1, -0.05) is 6.07 Å². The van der Waals surface area contributed by atoms with E-state index >= 15 is 0 Å². The number of nitrogen functional groups attached to an aromatic ring is 1. The van der Waals surface area contributed by atoms with Gasteiger partial charge in [-0.3, -0.25) is 0 Å². The number of ether oxygens (including phenoxy) is 1. The lowest BCUT2D eigenvalue weighted by Crippen LogP contribution is -2.09. The zero-order chi connectivity index (χ0) is 12.8. The molecule has 0 radical (unpaired) electrons. The third kappa shape index (κ3) is 2.97. The maximum absolute atomic E-state index is 8.78. The molecule has 90 valence electrons. The minimum absolute atomic E-state index is 0.395. The van der Waals surface area contributed by atoms with E-state index in [2.05, 4.69) is 16.5 Å². The van der Waals surface area contributed by atoms with E-state index in [1.165, 1.54) is 0 Å². The van der Waals surface area contributed by atoms with Crippen LogP contribution in [0.2, 0.25) is 0 Å². The number of anilines is 1. The maximum atomic E-state index is 8.78. The van der Waals surface area contributed by atoms with Crippen LogP contribution < -0.4 is 16.0 Å². The lowest BCUT2D eigenvalue weighted by atomic mass is 10.2. The molecule has 0 fully saturated rings. The van der Waals surface area contributed by atoms with Crippen LogP contribution in [0.1, 0.15) is 11.1 Å². The first-order chi connectivity index (χ1) is 8.81. The second-order valence-electron chi connectivity index (χ2n) is 3.62. The highest BCUT2D eigenvalue weighted by molar-refractivity contribution is 5.37. The van der Waals surface area contributed by atoms with Crippen molar-refractivity contribution in [2.75, 3.05) is 5.43 Å².